The van der Waals surface area contributed by atoms with Crippen molar-refractivity contribution in [3.8, 4) is 5.69 Å². The van der Waals surface area contributed by atoms with E-state index in [1.54, 1.807) is 33.7 Å². The Morgan fingerprint density at radius 1 is 1.17 bits per heavy atom. The van der Waals surface area contributed by atoms with Gasteiger partial charge in [0.15, 0.2) is 0 Å². The molecular formula is C24H28ClN3O2. The Hall–Kier alpha value is -2.66. The zero-order chi connectivity index (χ0) is 22.1. The number of amides is 1. The van der Waals surface area contributed by atoms with Crippen molar-refractivity contribution in [1.29, 1.82) is 0 Å². The Balaban J connectivity index is 2.22. The van der Waals surface area contributed by atoms with Crippen molar-refractivity contribution in [2.75, 3.05) is 6.54 Å². The molecule has 0 radical (unpaired) electrons. The highest BCUT2D eigenvalue weighted by Crippen LogP contribution is 2.27. The summed E-state index contributed by atoms with van der Waals surface area (Å²) in [4.78, 5) is 33.1. The van der Waals surface area contributed by atoms with Crippen LogP contribution in [-0.4, -0.2) is 26.9 Å². The summed E-state index contributed by atoms with van der Waals surface area (Å²) in [6.07, 6.45) is 0.417. The molecule has 0 fully saturated rings. The smallest absolute Gasteiger partial charge is 0.266 e. The number of carbonyl (C=O) groups excluding carboxylic acids is 1. The molecule has 0 saturated heterocycles. The van der Waals surface area contributed by atoms with Gasteiger partial charge < -0.3 is 4.90 Å². The van der Waals surface area contributed by atoms with Crippen molar-refractivity contribution in [1.82, 2.24) is 14.5 Å². The minimum absolute atomic E-state index is 0.0394. The van der Waals surface area contributed by atoms with Crippen molar-refractivity contribution >= 4 is 28.4 Å². The number of para-hydroxylation sites is 1. The number of rotatable bonds is 5. The monoisotopic (exact) mass is 425 g/mol. The molecule has 0 aliphatic carbocycles. The van der Waals surface area contributed by atoms with Gasteiger partial charge in [-0.2, -0.15) is 0 Å². The quantitative estimate of drug-likeness (QED) is 0.551. The van der Waals surface area contributed by atoms with Gasteiger partial charge in [-0.1, -0.05) is 50.6 Å². The number of aromatic nitrogens is 2. The van der Waals surface area contributed by atoms with Gasteiger partial charge in [0.25, 0.3) is 5.56 Å². The summed E-state index contributed by atoms with van der Waals surface area (Å²) in [7, 11) is 0. The molecule has 1 heterocycles. The standard InChI is InChI=1S/C24H28ClN3O2/c1-6-27(21(29)15-24(3,4)5)16(2)22-26-20-13-8-7-12-19(20)23(30)28(22)18-11-9-10-17(25)14-18/h7-14,16H,6,15H2,1-5H3. The van der Waals surface area contributed by atoms with Gasteiger partial charge in [0, 0.05) is 18.0 Å². The van der Waals surface area contributed by atoms with E-state index in [2.05, 4.69) is 0 Å². The third-order valence-electron chi connectivity index (χ3n) is 5.05. The van der Waals surface area contributed by atoms with E-state index in [9.17, 15) is 9.59 Å². The van der Waals surface area contributed by atoms with Crippen LogP contribution in [0.3, 0.4) is 0 Å². The molecule has 30 heavy (non-hydrogen) atoms. The normalized spacial score (nSPS) is 12.7. The summed E-state index contributed by atoms with van der Waals surface area (Å²) in [5, 5.41) is 1.06. The van der Waals surface area contributed by atoms with Crippen LogP contribution in [0.5, 0.6) is 0 Å². The first-order valence-corrected chi connectivity index (χ1v) is 10.6. The Bertz CT molecular complexity index is 1130. The lowest BCUT2D eigenvalue weighted by molar-refractivity contribution is -0.135. The predicted octanol–water partition coefficient (Wildman–Crippen LogP) is 5.38. The molecule has 0 saturated carbocycles. The Morgan fingerprint density at radius 2 is 1.87 bits per heavy atom. The zero-order valence-corrected chi connectivity index (χ0v) is 18.9. The number of carbonyl (C=O) groups is 1. The second-order valence-corrected chi connectivity index (χ2v) is 9.14. The molecule has 0 bridgehead atoms. The molecule has 0 spiro atoms. The third-order valence-corrected chi connectivity index (χ3v) is 5.29. The van der Waals surface area contributed by atoms with E-state index < -0.39 is 0 Å². The maximum Gasteiger partial charge on any atom is 0.266 e. The average Bonchev–Trinajstić information content (AvgIpc) is 2.67. The fourth-order valence-corrected chi connectivity index (χ4v) is 3.84. The number of benzene rings is 2. The van der Waals surface area contributed by atoms with Crippen molar-refractivity contribution in [3.05, 3.63) is 69.7 Å². The van der Waals surface area contributed by atoms with E-state index in [1.165, 1.54) is 0 Å². The van der Waals surface area contributed by atoms with Crippen molar-refractivity contribution in [2.45, 2.75) is 47.1 Å². The minimum Gasteiger partial charge on any atom is -0.333 e. The van der Waals surface area contributed by atoms with E-state index in [-0.39, 0.29) is 22.9 Å². The number of hydrogen-bond donors (Lipinski definition) is 0. The zero-order valence-electron chi connectivity index (χ0n) is 18.1. The molecule has 0 aliphatic heterocycles. The maximum absolute atomic E-state index is 13.5. The van der Waals surface area contributed by atoms with Crippen LogP contribution in [0.25, 0.3) is 16.6 Å². The molecule has 6 heteroatoms. The van der Waals surface area contributed by atoms with Gasteiger partial charge in [-0.25, -0.2) is 4.98 Å². The molecule has 1 unspecified atom stereocenters. The SMILES string of the molecule is CCN(C(=O)CC(C)(C)C)C(C)c1nc2ccccc2c(=O)n1-c1cccc(Cl)c1. The molecule has 3 rings (SSSR count). The Morgan fingerprint density at radius 3 is 2.50 bits per heavy atom. The van der Waals surface area contributed by atoms with Gasteiger partial charge in [-0.15, -0.1) is 0 Å². The highest BCUT2D eigenvalue weighted by molar-refractivity contribution is 6.30. The highest BCUT2D eigenvalue weighted by Gasteiger charge is 2.28. The summed E-state index contributed by atoms with van der Waals surface area (Å²) < 4.78 is 1.58. The summed E-state index contributed by atoms with van der Waals surface area (Å²) in [5.74, 6) is 0.558. The van der Waals surface area contributed by atoms with Crippen LogP contribution < -0.4 is 5.56 Å². The van der Waals surface area contributed by atoms with Crippen molar-refractivity contribution in [3.63, 3.8) is 0 Å². The summed E-state index contributed by atoms with van der Waals surface area (Å²) in [6.45, 7) is 10.5. The van der Waals surface area contributed by atoms with E-state index in [4.69, 9.17) is 16.6 Å². The van der Waals surface area contributed by atoms with Crippen LogP contribution in [0, 0.1) is 5.41 Å². The number of nitrogens with zero attached hydrogens (tertiary/aromatic N) is 3. The largest absolute Gasteiger partial charge is 0.333 e. The first-order chi connectivity index (χ1) is 14.1. The first-order valence-electron chi connectivity index (χ1n) is 10.2. The highest BCUT2D eigenvalue weighted by atomic mass is 35.5. The van der Waals surface area contributed by atoms with Gasteiger partial charge in [-0.3, -0.25) is 14.2 Å². The van der Waals surface area contributed by atoms with E-state index in [0.29, 0.717) is 40.4 Å². The van der Waals surface area contributed by atoms with Gasteiger partial charge in [-0.05, 0) is 49.6 Å². The number of halogens is 1. The fraction of sp³-hybridized carbons (Fsp3) is 0.375. The van der Waals surface area contributed by atoms with Crippen LogP contribution in [0.4, 0.5) is 0 Å². The third kappa shape index (κ3) is 4.57. The second-order valence-electron chi connectivity index (χ2n) is 8.70. The summed E-state index contributed by atoms with van der Waals surface area (Å²) in [5.41, 5.74) is 0.936. The first kappa shape index (κ1) is 22.0. The molecular weight excluding hydrogens is 398 g/mol. The van der Waals surface area contributed by atoms with Gasteiger partial charge >= 0.3 is 0 Å². The predicted molar refractivity (Wildman–Crippen MR) is 122 cm³/mol. The topological polar surface area (TPSA) is 55.2 Å². The number of hydrogen-bond acceptors (Lipinski definition) is 3. The lowest BCUT2D eigenvalue weighted by atomic mass is 9.91. The summed E-state index contributed by atoms with van der Waals surface area (Å²) >= 11 is 6.21. The molecule has 3 aromatic rings. The van der Waals surface area contributed by atoms with Gasteiger partial charge in [0.2, 0.25) is 5.91 Å². The fourth-order valence-electron chi connectivity index (χ4n) is 3.66. The second kappa shape index (κ2) is 8.60. The maximum atomic E-state index is 13.5. The molecule has 1 atom stereocenters. The molecule has 1 amide bonds. The molecule has 2 aromatic carbocycles. The van der Waals surface area contributed by atoms with Crippen molar-refractivity contribution < 1.29 is 4.79 Å². The summed E-state index contributed by atoms with van der Waals surface area (Å²) in [6, 6.07) is 14.0. The Labute approximate surface area is 182 Å². The minimum atomic E-state index is -0.388. The van der Waals surface area contributed by atoms with Crippen LogP contribution in [0.2, 0.25) is 5.02 Å². The Kier molecular flexibility index (Phi) is 6.32. The number of fused-ring (bicyclic) bond motifs is 1. The molecule has 158 valence electrons. The van der Waals surface area contributed by atoms with Gasteiger partial charge in [0.05, 0.1) is 22.6 Å². The van der Waals surface area contributed by atoms with Crippen molar-refractivity contribution in [2.24, 2.45) is 5.41 Å². The van der Waals surface area contributed by atoms with Crippen LogP contribution >= 0.6 is 11.6 Å². The van der Waals surface area contributed by atoms with Crippen LogP contribution in [-0.2, 0) is 4.79 Å². The van der Waals surface area contributed by atoms with E-state index >= 15 is 0 Å². The molecule has 5 nitrogen and oxygen atoms in total. The lowest BCUT2D eigenvalue weighted by Crippen LogP contribution is -2.38. The molecule has 0 N–H and O–H groups in total. The average molecular weight is 426 g/mol. The molecule has 0 aliphatic rings. The van der Waals surface area contributed by atoms with Gasteiger partial charge in [0.1, 0.15) is 5.82 Å². The van der Waals surface area contributed by atoms with Crippen LogP contribution in [0.1, 0.15) is 52.9 Å². The van der Waals surface area contributed by atoms with Crippen LogP contribution in [0.15, 0.2) is 53.3 Å². The lowest BCUT2D eigenvalue weighted by Gasteiger charge is -2.31. The van der Waals surface area contributed by atoms with E-state index in [1.807, 2.05) is 58.9 Å². The van der Waals surface area contributed by atoms with E-state index in [0.717, 1.165) is 0 Å². The molecule has 1 aromatic heterocycles.